The van der Waals surface area contributed by atoms with Crippen LogP contribution in [-0.4, -0.2) is 27.0 Å². The fraction of sp³-hybridized carbons (Fsp3) is 0.625. The summed E-state index contributed by atoms with van der Waals surface area (Å²) in [5.74, 6) is 0.266. The first-order valence-electron chi connectivity index (χ1n) is 7.31. The minimum absolute atomic E-state index is 0.247. The van der Waals surface area contributed by atoms with Crippen molar-refractivity contribution in [3.05, 3.63) is 34.9 Å². The standard InChI is InChI=1S/C16H27NO2S/c1-5-10-17-16(7-6-11-20(4,18)19)15-9-8-13(2)12-14(15)3/h8-9,12,16-17H,5-7,10-11H2,1-4H3. The molecule has 4 heteroatoms. The van der Waals surface area contributed by atoms with Crippen LogP contribution >= 0.6 is 0 Å². The van der Waals surface area contributed by atoms with Gasteiger partial charge in [-0.15, -0.1) is 0 Å². The van der Waals surface area contributed by atoms with E-state index in [1.54, 1.807) is 0 Å². The highest BCUT2D eigenvalue weighted by Gasteiger charge is 2.14. The summed E-state index contributed by atoms with van der Waals surface area (Å²) < 4.78 is 22.5. The molecule has 1 N–H and O–H groups in total. The molecule has 0 aliphatic heterocycles. The van der Waals surface area contributed by atoms with E-state index in [-0.39, 0.29) is 11.8 Å². The van der Waals surface area contributed by atoms with Crippen LogP contribution in [0.4, 0.5) is 0 Å². The highest BCUT2D eigenvalue weighted by Crippen LogP contribution is 2.23. The van der Waals surface area contributed by atoms with Crippen molar-refractivity contribution in [2.45, 2.75) is 46.1 Å². The van der Waals surface area contributed by atoms with Crippen LogP contribution in [0.5, 0.6) is 0 Å². The summed E-state index contributed by atoms with van der Waals surface area (Å²) >= 11 is 0. The van der Waals surface area contributed by atoms with Gasteiger partial charge in [-0.1, -0.05) is 30.7 Å². The Morgan fingerprint density at radius 3 is 2.50 bits per heavy atom. The average molecular weight is 297 g/mol. The van der Waals surface area contributed by atoms with Gasteiger partial charge in [0.15, 0.2) is 0 Å². The molecule has 0 aliphatic rings. The van der Waals surface area contributed by atoms with E-state index in [1.807, 2.05) is 0 Å². The smallest absolute Gasteiger partial charge is 0.147 e. The molecule has 0 heterocycles. The SMILES string of the molecule is CCCNC(CCCS(C)(=O)=O)c1ccc(C)cc1C. The molecule has 1 aromatic rings. The third-order valence-electron chi connectivity index (χ3n) is 3.45. The molecule has 20 heavy (non-hydrogen) atoms. The molecule has 0 aromatic heterocycles. The van der Waals surface area contributed by atoms with Crippen molar-refractivity contribution in [3.63, 3.8) is 0 Å². The molecule has 0 saturated carbocycles. The lowest BCUT2D eigenvalue weighted by Crippen LogP contribution is -2.23. The number of nitrogens with one attached hydrogen (secondary N) is 1. The Balaban J connectivity index is 2.77. The zero-order valence-corrected chi connectivity index (χ0v) is 13.9. The molecule has 0 amide bonds. The predicted octanol–water partition coefficient (Wildman–Crippen LogP) is 3.17. The van der Waals surface area contributed by atoms with E-state index in [1.165, 1.54) is 22.9 Å². The molecule has 0 bridgehead atoms. The molecule has 114 valence electrons. The lowest BCUT2D eigenvalue weighted by molar-refractivity contribution is 0.490. The van der Waals surface area contributed by atoms with Crippen molar-refractivity contribution in [3.8, 4) is 0 Å². The minimum atomic E-state index is -2.87. The molecule has 1 unspecified atom stereocenters. The number of rotatable bonds is 8. The molecule has 1 rings (SSSR count). The fourth-order valence-corrected chi connectivity index (χ4v) is 3.14. The first kappa shape index (κ1) is 17.2. The summed E-state index contributed by atoms with van der Waals surface area (Å²) in [5, 5.41) is 3.54. The minimum Gasteiger partial charge on any atom is -0.310 e. The van der Waals surface area contributed by atoms with E-state index in [4.69, 9.17) is 0 Å². The van der Waals surface area contributed by atoms with Crippen LogP contribution in [-0.2, 0) is 9.84 Å². The second kappa shape index (κ2) is 7.79. The van der Waals surface area contributed by atoms with Gasteiger partial charge in [0.1, 0.15) is 9.84 Å². The van der Waals surface area contributed by atoms with E-state index in [2.05, 4.69) is 44.3 Å². The van der Waals surface area contributed by atoms with Crippen LogP contribution in [0, 0.1) is 13.8 Å². The molecule has 1 atom stereocenters. The number of aryl methyl sites for hydroxylation is 2. The Morgan fingerprint density at radius 1 is 1.25 bits per heavy atom. The van der Waals surface area contributed by atoms with E-state index >= 15 is 0 Å². The van der Waals surface area contributed by atoms with Crippen LogP contribution in [0.3, 0.4) is 0 Å². The topological polar surface area (TPSA) is 46.2 Å². The van der Waals surface area contributed by atoms with Gasteiger partial charge in [-0.2, -0.15) is 0 Å². The Labute approximate surface area is 123 Å². The van der Waals surface area contributed by atoms with Gasteiger partial charge in [0, 0.05) is 18.1 Å². The highest BCUT2D eigenvalue weighted by atomic mass is 32.2. The average Bonchev–Trinajstić information content (AvgIpc) is 2.33. The second-order valence-corrected chi connectivity index (χ2v) is 7.90. The number of benzene rings is 1. The van der Waals surface area contributed by atoms with E-state index < -0.39 is 9.84 Å². The maximum Gasteiger partial charge on any atom is 0.147 e. The summed E-state index contributed by atoms with van der Waals surface area (Å²) in [4.78, 5) is 0. The Bertz CT molecular complexity index is 523. The van der Waals surface area contributed by atoms with Gasteiger partial charge in [-0.05, 0) is 50.8 Å². The maximum absolute atomic E-state index is 11.3. The maximum atomic E-state index is 11.3. The monoisotopic (exact) mass is 297 g/mol. The van der Waals surface area contributed by atoms with Gasteiger partial charge in [-0.25, -0.2) is 8.42 Å². The normalized spacial score (nSPS) is 13.4. The van der Waals surface area contributed by atoms with Gasteiger partial charge in [0.2, 0.25) is 0 Å². The second-order valence-electron chi connectivity index (χ2n) is 5.64. The lowest BCUT2D eigenvalue weighted by atomic mass is 9.96. The van der Waals surface area contributed by atoms with E-state index in [0.717, 1.165) is 19.4 Å². The molecular weight excluding hydrogens is 270 g/mol. The summed E-state index contributed by atoms with van der Waals surface area (Å²) in [6, 6.07) is 6.72. The van der Waals surface area contributed by atoms with Crippen LogP contribution in [0.1, 0.15) is 48.9 Å². The Hall–Kier alpha value is -0.870. The predicted molar refractivity (Wildman–Crippen MR) is 85.9 cm³/mol. The fourth-order valence-electron chi connectivity index (χ4n) is 2.45. The van der Waals surface area contributed by atoms with Crippen molar-refractivity contribution < 1.29 is 8.42 Å². The zero-order valence-electron chi connectivity index (χ0n) is 13.1. The van der Waals surface area contributed by atoms with Crippen molar-refractivity contribution >= 4 is 9.84 Å². The Morgan fingerprint density at radius 2 is 1.95 bits per heavy atom. The number of sulfone groups is 1. The number of hydrogen-bond donors (Lipinski definition) is 1. The zero-order chi connectivity index (χ0) is 15.2. The van der Waals surface area contributed by atoms with Crippen molar-refractivity contribution in [2.24, 2.45) is 0 Å². The van der Waals surface area contributed by atoms with Gasteiger partial charge in [0.25, 0.3) is 0 Å². The quantitative estimate of drug-likeness (QED) is 0.801. The summed E-state index contributed by atoms with van der Waals surface area (Å²) in [6.07, 6.45) is 3.94. The first-order valence-corrected chi connectivity index (χ1v) is 9.38. The van der Waals surface area contributed by atoms with Gasteiger partial charge in [-0.3, -0.25) is 0 Å². The summed E-state index contributed by atoms with van der Waals surface area (Å²) in [7, 11) is -2.87. The number of hydrogen-bond acceptors (Lipinski definition) is 3. The molecule has 1 aromatic carbocycles. The van der Waals surface area contributed by atoms with Gasteiger partial charge in [0.05, 0.1) is 0 Å². The van der Waals surface area contributed by atoms with Crippen LogP contribution in [0.25, 0.3) is 0 Å². The van der Waals surface area contributed by atoms with Gasteiger partial charge < -0.3 is 5.32 Å². The summed E-state index contributed by atoms with van der Waals surface area (Å²) in [5.41, 5.74) is 3.83. The molecule has 0 radical (unpaired) electrons. The molecule has 0 aliphatic carbocycles. The highest BCUT2D eigenvalue weighted by molar-refractivity contribution is 7.90. The molecule has 0 fully saturated rings. The van der Waals surface area contributed by atoms with Crippen molar-refractivity contribution in [1.82, 2.24) is 5.32 Å². The molecule has 3 nitrogen and oxygen atoms in total. The van der Waals surface area contributed by atoms with Crippen LogP contribution < -0.4 is 5.32 Å². The van der Waals surface area contributed by atoms with E-state index in [0.29, 0.717) is 6.42 Å². The molecular formula is C16H27NO2S. The van der Waals surface area contributed by atoms with E-state index in [9.17, 15) is 8.42 Å². The third-order valence-corrected chi connectivity index (χ3v) is 4.48. The van der Waals surface area contributed by atoms with Crippen molar-refractivity contribution in [1.29, 1.82) is 0 Å². The summed E-state index contributed by atoms with van der Waals surface area (Å²) in [6.45, 7) is 7.31. The Kier molecular flexibility index (Phi) is 6.69. The largest absolute Gasteiger partial charge is 0.310 e. The molecule has 0 spiro atoms. The third kappa shape index (κ3) is 6.06. The van der Waals surface area contributed by atoms with Crippen LogP contribution in [0.15, 0.2) is 18.2 Å². The lowest BCUT2D eigenvalue weighted by Gasteiger charge is -2.21. The van der Waals surface area contributed by atoms with Crippen LogP contribution in [0.2, 0.25) is 0 Å². The molecule has 0 saturated heterocycles. The first-order chi connectivity index (χ1) is 9.33. The van der Waals surface area contributed by atoms with Gasteiger partial charge >= 0.3 is 0 Å². The van der Waals surface area contributed by atoms with Crippen molar-refractivity contribution in [2.75, 3.05) is 18.6 Å².